The molecule has 1 saturated carbocycles. The maximum absolute atomic E-state index is 13.3. The minimum absolute atomic E-state index is 0.00220. The number of carbonyl (C=O) groups is 2. The van der Waals surface area contributed by atoms with Gasteiger partial charge in [0.15, 0.2) is 0 Å². The predicted molar refractivity (Wildman–Crippen MR) is 121 cm³/mol. The summed E-state index contributed by atoms with van der Waals surface area (Å²) in [6.07, 6.45) is 3.06. The molecule has 1 aliphatic heterocycles. The Hall–Kier alpha value is -2.09. The number of thiophene rings is 1. The monoisotopic (exact) mass is 462 g/mol. The molecule has 6 nitrogen and oxygen atoms in total. The maximum Gasteiger partial charge on any atom is 0.249 e. The van der Waals surface area contributed by atoms with Crippen molar-refractivity contribution in [3.05, 3.63) is 51.2 Å². The number of rotatable bonds is 9. The zero-order valence-electron chi connectivity index (χ0n) is 17.6. The van der Waals surface area contributed by atoms with Gasteiger partial charge in [0.1, 0.15) is 19.0 Å². The summed E-state index contributed by atoms with van der Waals surface area (Å²) >= 11 is 7.68. The first-order chi connectivity index (χ1) is 15.0. The van der Waals surface area contributed by atoms with Gasteiger partial charge in [0.2, 0.25) is 11.8 Å². The van der Waals surface area contributed by atoms with Crippen LogP contribution in [0.25, 0.3) is 0 Å². The van der Waals surface area contributed by atoms with Gasteiger partial charge in [-0.2, -0.15) is 0 Å². The number of benzene rings is 1. The van der Waals surface area contributed by atoms with Gasteiger partial charge in [0, 0.05) is 30.1 Å². The molecule has 31 heavy (non-hydrogen) atoms. The Balaban J connectivity index is 1.48. The third-order valence-corrected chi connectivity index (χ3v) is 7.01. The van der Waals surface area contributed by atoms with E-state index in [-0.39, 0.29) is 31.0 Å². The number of carbonyl (C=O) groups excluding carboxylic acids is 2. The van der Waals surface area contributed by atoms with Crippen molar-refractivity contribution in [2.24, 2.45) is 5.92 Å². The number of fused-ring (bicyclic) bond motifs is 1. The van der Waals surface area contributed by atoms with Gasteiger partial charge in [-0.05, 0) is 66.5 Å². The summed E-state index contributed by atoms with van der Waals surface area (Å²) < 4.78 is 11.0. The summed E-state index contributed by atoms with van der Waals surface area (Å²) in [5.74, 6) is 1.03. The number of halogens is 1. The normalized spacial score (nSPS) is 17.9. The molecule has 2 aromatic rings. The van der Waals surface area contributed by atoms with E-state index >= 15 is 0 Å². The Labute approximate surface area is 191 Å². The molecule has 166 valence electrons. The fourth-order valence-electron chi connectivity index (χ4n) is 3.92. The zero-order chi connectivity index (χ0) is 21.8. The topological polar surface area (TPSA) is 59.1 Å². The Bertz CT molecular complexity index is 913. The second-order valence-electron chi connectivity index (χ2n) is 8.07. The Morgan fingerprint density at radius 3 is 2.71 bits per heavy atom. The van der Waals surface area contributed by atoms with E-state index in [0.29, 0.717) is 36.4 Å². The van der Waals surface area contributed by atoms with Crippen LogP contribution in [0.5, 0.6) is 5.75 Å². The number of hydrogen-bond acceptors (Lipinski definition) is 5. The van der Waals surface area contributed by atoms with Gasteiger partial charge in [0.05, 0.1) is 12.6 Å². The molecular formula is C23H27ClN2O4S. The van der Waals surface area contributed by atoms with Crippen LogP contribution in [-0.4, -0.2) is 61.6 Å². The number of methoxy groups -OCH3 is 1. The highest BCUT2D eigenvalue weighted by molar-refractivity contribution is 7.10. The zero-order valence-corrected chi connectivity index (χ0v) is 19.2. The van der Waals surface area contributed by atoms with Crippen molar-refractivity contribution in [1.82, 2.24) is 9.80 Å². The minimum Gasteiger partial charge on any atom is -0.491 e. The molecule has 1 aliphatic carbocycles. The summed E-state index contributed by atoms with van der Waals surface area (Å²) in [6.45, 7) is 1.67. The van der Waals surface area contributed by atoms with Crippen molar-refractivity contribution >= 4 is 34.8 Å². The molecule has 2 heterocycles. The van der Waals surface area contributed by atoms with Crippen LogP contribution in [0, 0.1) is 5.92 Å². The first-order valence-electron chi connectivity index (χ1n) is 10.6. The minimum atomic E-state index is -0.182. The van der Waals surface area contributed by atoms with Crippen LogP contribution in [0.4, 0.5) is 0 Å². The molecule has 2 aliphatic rings. The average molecular weight is 463 g/mol. The van der Waals surface area contributed by atoms with Crippen LogP contribution in [0.2, 0.25) is 5.02 Å². The van der Waals surface area contributed by atoms with Crippen LogP contribution >= 0.6 is 22.9 Å². The molecule has 0 radical (unpaired) electrons. The predicted octanol–water partition coefficient (Wildman–Crippen LogP) is 3.79. The summed E-state index contributed by atoms with van der Waals surface area (Å²) in [6, 6.07) is 9.12. The molecular weight excluding hydrogens is 436 g/mol. The van der Waals surface area contributed by atoms with Gasteiger partial charge in [-0.3, -0.25) is 9.59 Å². The van der Waals surface area contributed by atoms with Gasteiger partial charge < -0.3 is 19.3 Å². The van der Waals surface area contributed by atoms with E-state index in [2.05, 4.69) is 11.4 Å². The largest absolute Gasteiger partial charge is 0.491 e. The van der Waals surface area contributed by atoms with Crippen LogP contribution in [-0.2, 0) is 20.7 Å². The van der Waals surface area contributed by atoms with Crippen LogP contribution in [0.15, 0.2) is 35.7 Å². The van der Waals surface area contributed by atoms with E-state index in [0.717, 1.165) is 24.8 Å². The standard InChI is InChI=1S/C23H27ClN2O4S/c1-29-15-23(28)25(12-16-2-3-16)13-22(27)26-10-8-21-19(9-11-31-21)20(26)14-30-18-6-4-17(24)5-7-18/h4-7,9,11,16,20H,2-3,8,10,12-15H2,1H3. The highest BCUT2D eigenvalue weighted by atomic mass is 35.5. The lowest BCUT2D eigenvalue weighted by molar-refractivity contribution is -0.144. The lowest BCUT2D eigenvalue weighted by atomic mass is 10.0. The lowest BCUT2D eigenvalue weighted by Gasteiger charge is -2.37. The van der Waals surface area contributed by atoms with Gasteiger partial charge in [-0.1, -0.05) is 11.6 Å². The first kappa shape index (κ1) is 22.1. The van der Waals surface area contributed by atoms with Gasteiger partial charge in [-0.25, -0.2) is 0 Å². The first-order valence-corrected chi connectivity index (χ1v) is 11.8. The lowest BCUT2D eigenvalue weighted by Crippen LogP contribution is -2.48. The molecule has 0 saturated heterocycles. The second-order valence-corrected chi connectivity index (χ2v) is 9.50. The van der Waals surface area contributed by atoms with Crippen LogP contribution in [0.1, 0.15) is 29.3 Å². The van der Waals surface area contributed by atoms with E-state index in [4.69, 9.17) is 21.1 Å². The second kappa shape index (κ2) is 10.0. The summed E-state index contributed by atoms with van der Waals surface area (Å²) in [5, 5.41) is 2.72. The summed E-state index contributed by atoms with van der Waals surface area (Å²) in [7, 11) is 1.50. The number of ether oxygens (including phenoxy) is 2. The molecule has 2 amide bonds. The molecule has 1 aromatic heterocycles. The van der Waals surface area contributed by atoms with Gasteiger partial charge in [-0.15, -0.1) is 11.3 Å². The van der Waals surface area contributed by atoms with Gasteiger partial charge >= 0.3 is 0 Å². The Morgan fingerprint density at radius 1 is 1.23 bits per heavy atom. The highest BCUT2D eigenvalue weighted by Gasteiger charge is 2.34. The highest BCUT2D eigenvalue weighted by Crippen LogP contribution is 2.34. The van der Waals surface area contributed by atoms with E-state index in [1.807, 2.05) is 17.0 Å². The molecule has 1 atom stereocenters. The maximum atomic E-state index is 13.3. The molecule has 8 heteroatoms. The SMILES string of the molecule is COCC(=O)N(CC(=O)N1CCc2sccc2C1COc1ccc(Cl)cc1)CC1CC1. The van der Waals surface area contributed by atoms with Gasteiger partial charge in [0.25, 0.3) is 0 Å². The number of amides is 2. The van der Waals surface area contributed by atoms with Crippen molar-refractivity contribution in [2.75, 3.05) is 40.0 Å². The van der Waals surface area contributed by atoms with Crippen molar-refractivity contribution < 1.29 is 19.1 Å². The molecule has 0 N–H and O–H groups in total. The Morgan fingerprint density at radius 2 is 2.00 bits per heavy atom. The average Bonchev–Trinajstić information content (AvgIpc) is 3.45. The molecule has 1 unspecified atom stereocenters. The molecule has 1 fully saturated rings. The van der Waals surface area contributed by atoms with E-state index in [1.54, 1.807) is 28.4 Å². The quantitative estimate of drug-likeness (QED) is 0.569. The number of hydrogen-bond donors (Lipinski definition) is 0. The Kier molecular flexibility index (Phi) is 7.15. The fraction of sp³-hybridized carbons (Fsp3) is 0.478. The molecule has 0 bridgehead atoms. The molecule has 0 spiro atoms. The third kappa shape index (κ3) is 5.59. The van der Waals surface area contributed by atoms with E-state index in [9.17, 15) is 9.59 Å². The van der Waals surface area contributed by atoms with E-state index in [1.165, 1.54) is 12.0 Å². The van der Waals surface area contributed by atoms with Crippen molar-refractivity contribution in [3.63, 3.8) is 0 Å². The third-order valence-electron chi connectivity index (χ3n) is 5.76. The molecule has 1 aromatic carbocycles. The van der Waals surface area contributed by atoms with Crippen molar-refractivity contribution in [1.29, 1.82) is 0 Å². The smallest absolute Gasteiger partial charge is 0.249 e. The van der Waals surface area contributed by atoms with Crippen LogP contribution in [0.3, 0.4) is 0 Å². The van der Waals surface area contributed by atoms with Crippen molar-refractivity contribution in [2.45, 2.75) is 25.3 Å². The van der Waals surface area contributed by atoms with E-state index < -0.39 is 0 Å². The molecule has 4 rings (SSSR count). The number of nitrogens with zero attached hydrogens (tertiary/aromatic N) is 2. The van der Waals surface area contributed by atoms with Crippen LogP contribution < -0.4 is 4.74 Å². The summed E-state index contributed by atoms with van der Waals surface area (Å²) in [5.41, 5.74) is 1.13. The van der Waals surface area contributed by atoms with Crippen molar-refractivity contribution in [3.8, 4) is 5.75 Å². The fourth-order valence-corrected chi connectivity index (χ4v) is 4.97. The summed E-state index contributed by atoms with van der Waals surface area (Å²) in [4.78, 5) is 30.7.